The number of rotatable bonds is 17. The molecular formula is C26H40N8O6S. The second-order valence-electron chi connectivity index (χ2n) is 9.59. The molecule has 0 saturated carbocycles. The molecule has 0 aliphatic rings. The van der Waals surface area contributed by atoms with Crippen molar-refractivity contribution in [2.75, 3.05) is 18.6 Å². The zero-order valence-corrected chi connectivity index (χ0v) is 23.9. The molecule has 15 heteroatoms. The van der Waals surface area contributed by atoms with Crippen LogP contribution in [0.2, 0.25) is 0 Å². The van der Waals surface area contributed by atoms with Gasteiger partial charge in [-0.1, -0.05) is 18.2 Å². The normalized spacial score (nSPS) is 14.7. The van der Waals surface area contributed by atoms with Crippen LogP contribution in [0.1, 0.15) is 31.7 Å². The number of aliphatic carboxylic acids is 1. The molecule has 0 radical (unpaired) electrons. The minimum Gasteiger partial charge on any atom is -0.480 e. The van der Waals surface area contributed by atoms with Crippen molar-refractivity contribution in [1.82, 2.24) is 20.9 Å². The lowest BCUT2D eigenvalue weighted by molar-refractivity contribution is -0.145. The number of aromatic nitrogens is 1. The van der Waals surface area contributed by atoms with Gasteiger partial charge in [-0.2, -0.15) is 11.8 Å². The molecule has 5 unspecified atom stereocenters. The van der Waals surface area contributed by atoms with E-state index >= 15 is 0 Å². The van der Waals surface area contributed by atoms with Crippen molar-refractivity contribution in [2.45, 2.75) is 62.9 Å². The number of nitrogens with two attached hydrogens (primary N) is 3. The summed E-state index contributed by atoms with van der Waals surface area (Å²) in [5, 5.41) is 27.6. The largest absolute Gasteiger partial charge is 0.480 e. The van der Waals surface area contributed by atoms with E-state index in [2.05, 4.69) is 25.9 Å². The summed E-state index contributed by atoms with van der Waals surface area (Å²) >= 11 is 1.43. The van der Waals surface area contributed by atoms with Crippen molar-refractivity contribution >= 4 is 52.3 Å². The summed E-state index contributed by atoms with van der Waals surface area (Å²) in [7, 11) is 0. The number of carbonyl (C=O) groups is 4. The fourth-order valence-electron chi connectivity index (χ4n) is 4.08. The number of carbonyl (C=O) groups excluding carboxylic acids is 3. The Balaban J connectivity index is 2.25. The lowest BCUT2D eigenvalue weighted by Crippen LogP contribution is -2.58. The first-order valence-corrected chi connectivity index (χ1v) is 14.5. The number of guanidine groups is 1. The molecule has 5 atom stereocenters. The molecule has 0 fully saturated rings. The number of thioether (sulfide) groups is 1. The first kappa shape index (κ1) is 33.4. The van der Waals surface area contributed by atoms with Gasteiger partial charge in [0.1, 0.15) is 12.1 Å². The van der Waals surface area contributed by atoms with E-state index in [0.717, 1.165) is 16.5 Å². The van der Waals surface area contributed by atoms with Crippen molar-refractivity contribution in [2.24, 2.45) is 22.2 Å². The molecule has 3 amide bonds. The molecule has 226 valence electrons. The predicted molar refractivity (Wildman–Crippen MR) is 158 cm³/mol. The fourth-order valence-corrected chi connectivity index (χ4v) is 4.55. The molecule has 12 N–H and O–H groups in total. The number of aromatic amines is 1. The average Bonchev–Trinajstić information content (AvgIpc) is 3.33. The Morgan fingerprint density at radius 1 is 1.02 bits per heavy atom. The smallest absolute Gasteiger partial charge is 0.328 e. The van der Waals surface area contributed by atoms with Crippen LogP contribution in [0.25, 0.3) is 10.9 Å². The Hall–Kier alpha value is -3.82. The number of aliphatic hydroxyl groups excluding tert-OH is 1. The Morgan fingerprint density at radius 2 is 1.68 bits per heavy atom. The van der Waals surface area contributed by atoms with Gasteiger partial charge in [-0.15, -0.1) is 0 Å². The standard InChI is InChI=1S/C26H40N8O6S/c1-14(35)21(25(39)40)34-23(37)19(9-11-41-2)32-24(38)20(12-15-13-31-18-8-4-3-6-16(15)18)33-22(36)17(27)7-5-10-30-26(28)29/h3-4,6,8,13-14,17,19-21,31,35H,5,7,9-12,27H2,1-2H3,(H,32,38)(H,33,36)(H,34,37)(H,39,40)(H4,28,29,30). The van der Waals surface area contributed by atoms with E-state index in [1.807, 2.05) is 30.5 Å². The third-order valence-corrected chi connectivity index (χ3v) is 6.97. The Bertz CT molecular complexity index is 1220. The number of hydrogen-bond donors (Lipinski definition) is 9. The van der Waals surface area contributed by atoms with Crippen molar-refractivity contribution < 1.29 is 29.4 Å². The molecule has 0 spiro atoms. The Kier molecular flexibility index (Phi) is 13.4. The van der Waals surface area contributed by atoms with E-state index in [1.165, 1.54) is 18.7 Å². The van der Waals surface area contributed by atoms with Crippen LogP contribution in [0, 0.1) is 0 Å². The first-order valence-electron chi connectivity index (χ1n) is 13.1. The number of fused-ring (bicyclic) bond motifs is 1. The third kappa shape index (κ3) is 10.6. The van der Waals surface area contributed by atoms with Crippen LogP contribution < -0.4 is 33.2 Å². The van der Waals surface area contributed by atoms with Gasteiger partial charge >= 0.3 is 5.97 Å². The van der Waals surface area contributed by atoms with Gasteiger partial charge < -0.3 is 48.3 Å². The molecule has 0 aliphatic heterocycles. The van der Waals surface area contributed by atoms with E-state index in [4.69, 9.17) is 17.2 Å². The number of carboxylic acids is 1. The van der Waals surface area contributed by atoms with Gasteiger partial charge in [0, 0.05) is 30.1 Å². The topological polar surface area (TPSA) is 251 Å². The van der Waals surface area contributed by atoms with Crippen LogP contribution in [0.4, 0.5) is 0 Å². The summed E-state index contributed by atoms with van der Waals surface area (Å²) in [5.74, 6) is -3.00. The number of nitrogens with zero attached hydrogens (tertiary/aromatic N) is 1. The molecule has 1 aromatic carbocycles. The van der Waals surface area contributed by atoms with Gasteiger partial charge in [0.2, 0.25) is 17.7 Å². The van der Waals surface area contributed by atoms with E-state index in [0.29, 0.717) is 18.7 Å². The number of para-hydroxylation sites is 1. The van der Waals surface area contributed by atoms with Crippen molar-refractivity contribution in [1.29, 1.82) is 0 Å². The molecule has 0 aliphatic carbocycles. The number of nitrogens with one attached hydrogen (secondary N) is 4. The minimum absolute atomic E-state index is 0.0679. The maximum Gasteiger partial charge on any atom is 0.328 e. The molecule has 14 nitrogen and oxygen atoms in total. The van der Waals surface area contributed by atoms with Gasteiger partial charge in [0.05, 0.1) is 12.1 Å². The first-order chi connectivity index (χ1) is 19.4. The number of hydrogen-bond acceptors (Lipinski definition) is 8. The molecule has 0 bridgehead atoms. The molecule has 2 aromatic rings. The van der Waals surface area contributed by atoms with E-state index in [9.17, 15) is 29.4 Å². The maximum absolute atomic E-state index is 13.6. The highest BCUT2D eigenvalue weighted by molar-refractivity contribution is 7.98. The van der Waals surface area contributed by atoms with Gasteiger partial charge in [0.15, 0.2) is 12.0 Å². The molecule has 2 rings (SSSR count). The summed E-state index contributed by atoms with van der Waals surface area (Å²) in [4.78, 5) is 58.0. The van der Waals surface area contributed by atoms with Crippen molar-refractivity contribution in [3.8, 4) is 0 Å². The Labute approximate surface area is 242 Å². The SMILES string of the molecule is CSCCC(NC(=O)C(Cc1c[nH]c2ccccc12)NC(=O)C(N)CCCN=C(N)N)C(=O)NC(C(=O)O)C(C)O. The van der Waals surface area contributed by atoms with Crippen LogP contribution in [0.15, 0.2) is 35.5 Å². The zero-order valence-electron chi connectivity index (χ0n) is 23.1. The van der Waals surface area contributed by atoms with E-state index in [-0.39, 0.29) is 25.2 Å². The van der Waals surface area contributed by atoms with Crippen molar-refractivity contribution in [3.05, 3.63) is 36.0 Å². The quantitative estimate of drug-likeness (QED) is 0.0600. The summed E-state index contributed by atoms with van der Waals surface area (Å²) in [6.07, 6.45) is 3.17. The van der Waals surface area contributed by atoms with Gasteiger partial charge in [-0.05, 0) is 49.8 Å². The third-order valence-electron chi connectivity index (χ3n) is 6.33. The molecular weight excluding hydrogens is 552 g/mol. The predicted octanol–water partition coefficient (Wildman–Crippen LogP) is -1.24. The van der Waals surface area contributed by atoms with Crippen LogP contribution in [0.3, 0.4) is 0 Å². The summed E-state index contributed by atoms with van der Waals surface area (Å²) in [5.41, 5.74) is 18.3. The van der Waals surface area contributed by atoms with Crippen LogP contribution in [-0.4, -0.2) is 93.7 Å². The van der Waals surface area contributed by atoms with E-state index < -0.39 is 54.0 Å². The van der Waals surface area contributed by atoms with E-state index in [1.54, 1.807) is 6.20 Å². The number of carboxylic acid groups (broad SMARTS) is 1. The highest BCUT2D eigenvalue weighted by Crippen LogP contribution is 2.19. The van der Waals surface area contributed by atoms with Gasteiger partial charge in [-0.25, -0.2) is 4.79 Å². The number of amides is 3. The fraction of sp³-hybridized carbons (Fsp3) is 0.500. The highest BCUT2D eigenvalue weighted by atomic mass is 32.2. The highest BCUT2D eigenvalue weighted by Gasteiger charge is 2.32. The minimum atomic E-state index is -1.56. The van der Waals surface area contributed by atoms with Gasteiger partial charge in [0.25, 0.3) is 0 Å². The lowest BCUT2D eigenvalue weighted by Gasteiger charge is -2.25. The maximum atomic E-state index is 13.6. The second-order valence-corrected chi connectivity index (χ2v) is 10.6. The number of aliphatic imine (C=N–C) groups is 1. The molecule has 1 aromatic heterocycles. The molecule has 41 heavy (non-hydrogen) atoms. The second kappa shape index (κ2) is 16.4. The summed E-state index contributed by atoms with van der Waals surface area (Å²) < 4.78 is 0. The summed E-state index contributed by atoms with van der Waals surface area (Å²) in [6.45, 7) is 1.53. The zero-order chi connectivity index (χ0) is 30.5. The molecule has 0 saturated heterocycles. The van der Waals surface area contributed by atoms with Crippen LogP contribution in [-0.2, 0) is 25.6 Å². The number of aliphatic hydroxyl groups is 1. The van der Waals surface area contributed by atoms with Crippen LogP contribution >= 0.6 is 11.8 Å². The van der Waals surface area contributed by atoms with Crippen molar-refractivity contribution in [3.63, 3.8) is 0 Å². The Morgan fingerprint density at radius 3 is 2.32 bits per heavy atom. The van der Waals surface area contributed by atoms with Crippen LogP contribution in [0.5, 0.6) is 0 Å². The average molecular weight is 593 g/mol. The number of H-pyrrole nitrogens is 1. The number of benzene rings is 1. The summed E-state index contributed by atoms with van der Waals surface area (Å²) in [6, 6.07) is 2.74. The lowest BCUT2D eigenvalue weighted by atomic mass is 10.0. The molecule has 1 heterocycles. The monoisotopic (exact) mass is 592 g/mol. The van der Waals surface area contributed by atoms with Gasteiger partial charge in [-0.3, -0.25) is 19.4 Å².